The molecule has 0 spiro atoms. The van der Waals surface area contributed by atoms with Crippen molar-refractivity contribution in [1.29, 1.82) is 0 Å². The molecule has 2 rings (SSSR count). The summed E-state index contributed by atoms with van der Waals surface area (Å²) >= 11 is 1.58. The lowest BCUT2D eigenvalue weighted by molar-refractivity contribution is 0.101. The largest absolute Gasteiger partial charge is 0.355 e. The van der Waals surface area contributed by atoms with Gasteiger partial charge in [-0.2, -0.15) is 0 Å². The van der Waals surface area contributed by atoms with E-state index in [2.05, 4.69) is 38.7 Å². The first-order chi connectivity index (χ1) is 11.1. The van der Waals surface area contributed by atoms with Gasteiger partial charge in [-0.05, 0) is 76.3 Å². The Morgan fingerprint density at radius 3 is 1.96 bits per heavy atom. The SMILES string of the molecule is CC(=O)c1c(C)[nH]c(C(=O)CSc2c(C)c(C)cc(C)c2C)c1C. The zero-order valence-electron chi connectivity index (χ0n) is 15.5. The molecule has 0 fully saturated rings. The summed E-state index contributed by atoms with van der Waals surface area (Å²) in [6, 6.07) is 2.19. The molecule has 2 aromatic rings. The van der Waals surface area contributed by atoms with Crippen LogP contribution in [0.25, 0.3) is 0 Å². The average Bonchev–Trinajstić information content (AvgIpc) is 2.80. The first-order valence-electron chi connectivity index (χ1n) is 8.08. The molecule has 1 heterocycles. The molecule has 1 N–H and O–H groups in total. The highest BCUT2D eigenvalue weighted by Crippen LogP contribution is 2.31. The van der Waals surface area contributed by atoms with Gasteiger partial charge >= 0.3 is 0 Å². The maximum absolute atomic E-state index is 12.7. The van der Waals surface area contributed by atoms with Gasteiger partial charge in [-0.15, -0.1) is 11.8 Å². The molecule has 0 aliphatic rings. The standard InChI is InChI=1S/C20H25NO2S/c1-10-8-11(2)13(4)20(12(10)3)24-9-17(23)19-14(5)18(16(7)22)15(6)21-19/h8,21H,9H2,1-7H3. The van der Waals surface area contributed by atoms with E-state index in [4.69, 9.17) is 0 Å². The first-order valence-corrected chi connectivity index (χ1v) is 9.07. The number of ketones is 2. The molecule has 0 bridgehead atoms. The lowest BCUT2D eigenvalue weighted by Gasteiger charge is -2.14. The van der Waals surface area contributed by atoms with Crippen molar-refractivity contribution in [2.75, 3.05) is 5.75 Å². The minimum atomic E-state index is -0.00560. The van der Waals surface area contributed by atoms with Crippen LogP contribution in [0.2, 0.25) is 0 Å². The Hall–Kier alpha value is -1.81. The van der Waals surface area contributed by atoms with Gasteiger partial charge in [0.25, 0.3) is 0 Å². The van der Waals surface area contributed by atoms with Crippen LogP contribution in [0.15, 0.2) is 11.0 Å². The molecule has 1 aromatic heterocycles. The number of nitrogens with one attached hydrogen (secondary N) is 1. The molecule has 0 atom stereocenters. The topological polar surface area (TPSA) is 49.9 Å². The van der Waals surface area contributed by atoms with Gasteiger partial charge in [-0.3, -0.25) is 9.59 Å². The number of aromatic nitrogens is 1. The van der Waals surface area contributed by atoms with Gasteiger partial charge in [0.1, 0.15) is 0 Å². The van der Waals surface area contributed by atoms with Crippen LogP contribution in [0.5, 0.6) is 0 Å². The van der Waals surface area contributed by atoms with Crippen LogP contribution in [-0.4, -0.2) is 22.3 Å². The molecule has 0 aliphatic carbocycles. The number of thioether (sulfide) groups is 1. The Morgan fingerprint density at radius 1 is 0.958 bits per heavy atom. The van der Waals surface area contributed by atoms with E-state index < -0.39 is 0 Å². The van der Waals surface area contributed by atoms with Crippen molar-refractivity contribution in [1.82, 2.24) is 4.98 Å². The van der Waals surface area contributed by atoms with Gasteiger partial charge < -0.3 is 4.98 Å². The van der Waals surface area contributed by atoms with Gasteiger partial charge in [-0.1, -0.05) is 6.07 Å². The second-order valence-corrected chi connectivity index (χ2v) is 7.47. The van der Waals surface area contributed by atoms with E-state index >= 15 is 0 Å². The molecule has 0 radical (unpaired) electrons. The van der Waals surface area contributed by atoms with Crippen LogP contribution in [0, 0.1) is 41.5 Å². The van der Waals surface area contributed by atoms with Gasteiger partial charge in [0.15, 0.2) is 11.6 Å². The Balaban J connectivity index is 2.27. The van der Waals surface area contributed by atoms with Crippen LogP contribution in [0.3, 0.4) is 0 Å². The van der Waals surface area contributed by atoms with E-state index in [0.717, 1.165) is 11.3 Å². The van der Waals surface area contributed by atoms with Crippen LogP contribution in [-0.2, 0) is 0 Å². The van der Waals surface area contributed by atoms with Gasteiger partial charge in [0.05, 0.1) is 11.4 Å². The van der Waals surface area contributed by atoms with Crippen molar-refractivity contribution in [2.45, 2.75) is 53.4 Å². The highest BCUT2D eigenvalue weighted by Gasteiger charge is 2.20. The van der Waals surface area contributed by atoms with E-state index in [1.807, 2.05) is 13.8 Å². The number of carbonyl (C=O) groups excluding carboxylic acids is 2. The van der Waals surface area contributed by atoms with E-state index in [-0.39, 0.29) is 11.6 Å². The molecule has 0 saturated heterocycles. The third-order valence-electron chi connectivity index (χ3n) is 4.71. The Morgan fingerprint density at radius 2 is 1.50 bits per heavy atom. The molecular formula is C20H25NO2S. The molecule has 3 nitrogen and oxygen atoms in total. The lowest BCUT2D eigenvalue weighted by Crippen LogP contribution is -2.06. The molecule has 0 saturated carbocycles. The van der Waals surface area contributed by atoms with Crippen molar-refractivity contribution in [2.24, 2.45) is 0 Å². The van der Waals surface area contributed by atoms with Crippen molar-refractivity contribution in [3.8, 4) is 0 Å². The van der Waals surface area contributed by atoms with Gasteiger partial charge in [0, 0.05) is 16.2 Å². The van der Waals surface area contributed by atoms with Crippen molar-refractivity contribution < 1.29 is 9.59 Å². The Labute approximate surface area is 148 Å². The molecule has 0 amide bonds. The number of rotatable bonds is 5. The quantitative estimate of drug-likeness (QED) is 0.611. The highest BCUT2D eigenvalue weighted by atomic mass is 32.2. The summed E-state index contributed by atoms with van der Waals surface area (Å²) < 4.78 is 0. The Kier molecular flexibility index (Phi) is 5.38. The summed E-state index contributed by atoms with van der Waals surface area (Å²) in [6.45, 7) is 13.6. The maximum Gasteiger partial charge on any atom is 0.189 e. The van der Waals surface area contributed by atoms with Crippen LogP contribution in [0.1, 0.15) is 61.3 Å². The van der Waals surface area contributed by atoms with Crippen molar-refractivity contribution in [3.05, 3.63) is 50.8 Å². The van der Waals surface area contributed by atoms with Crippen molar-refractivity contribution in [3.63, 3.8) is 0 Å². The first kappa shape index (κ1) is 18.5. The molecule has 24 heavy (non-hydrogen) atoms. The highest BCUT2D eigenvalue weighted by molar-refractivity contribution is 8.00. The number of aryl methyl sites for hydroxylation is 3. The number of carbonyl (C=O) groups is 2. The monoisotopic (exact) mass is 343 g/mol. The molecule has 128 valence electrons. The summed E-state index contributed by atoms with van der Waals surface area (Å²) in [5, 5.41) is 0. The normalized spacial score (nSPS) is 11.0. The second kappa shape index (κ2) is 6.98. The smallest absolute Gasteiger partial charge is 0.189 e. The number of hydrogen-bond acceptors (Lipinski definition) is 3. The summed E-state index contributed by atoms with van der Waals surface area (Å²) in [7, 11) is 0. The van der Waals surface area contributed by atoms with E-state index in [1.54, 1.807) is 11.8 Å². The van der Waals surface area contributed by atoms with Crippen LogP contribution < -0.4 is 0 Å². The predicted molar refractivity (Wildman–Crippen MR) is 101 cm³/mol. The summed E-state index contributed by atoms with van der Waals surface area (Å²) in [4.78, 5) is 28.7. The fourth-order valence-electron chi connectivity index (χ4n) is 3.16. The lowest BCUT2D eigenvalue weighted by atomic mass is 10.0. The average molecular weight is 343 g/mol. The minimum Gasteiger partial charge on any atom is -0.355 e. The summed E-state index contributed by atoms with van der Waals surface area (Å²) in [5.41, 5.74) is 7.70. The van der Waals surface area contributed by atoms with E-state index in [1.165, 1.54) is 34.1 Å². The zero-order valence-corrected chi connectivity index (χ0v) is 16.3. The van der Waals surface area contributed by atoms with E-state index in [0.29, 0.717) is 17.0 Å². The van der Waals surface area contributed by atoms with Gasteiger partial charge in [-0.25, -0.2) is 0 Å². The zero-order chi connectivity index (χ0) is 18.2. The summed E-state index contributed by atoms with van der Waals surface area (Å²) in [5.74, 6) is 0.392. The number of Topliss-reactive ketones (excluding diaryl/α,β-unsaturated/α-hetero) is 2. The predicted octanol–water partition coefficient (Wildman–Crippen LogP) is 5.04. The molecule has 0 unspecified atom stereocenters. The third-order valence-corrected chi connectivity index (χ3v) is 6.02. The second-order valence-electron chi connectivity index (χ2n) is 6.48. The molecular weight excluding hydrogens is 318 g/mol. The molecule has 1 aromatic carbocycles. The minimum absolute atomic E-state index is 0.00560. The number of aromatic amines is 1. The molecule has 4 heteroatoms. The third kappa shape index (κ3) is 3.34. The fourth-order valence-corrected chi connectivity index (χ4v) is 4.34. The number of benzene rings is 1. The van der Waals surface area contributed by atoms with Crippen LogP contribution >= 0.6 is 11.8 Å². The van der Waals surface area contributed by atoms with Crippen molar-refractivity contribution >= 4 is 23.3 Å². The van der Waals surface area contributed by atoms with Gasteiger partial charge in [0.2, 0.25) is 0 Å². The fraction of sp³-hybridized carbons (Fsp3) is 0.400. The van der Waals surface area contributed by atoms with Crippen LogP contribution in [0.4, 0.5) is 0 Å². The number of H-pyrrole nitrogens is 1. The van der Waals surface area contributed by atoms with E-state index in [9.17, 15) is 9.59 Å². The molecule has 0 aliphatic heterocycles. The Bertz CT molecular complexity index is 805. The maximum atomic E-state index is 12.7. The number of hydrogen-bond donors (Lipinski definition) is 1. The summed E-state index contributed by atoms with van der Waals surface area (Å²) in [6.07, 6.45) is 0.